The van der Waals surface area contributed by atoms with Crippen LogP contribution in [0.25, 0.3) is 0 Å². The van der Waals surface area contributed by atoms with Gasteiger partial charge in [0.25, 0.3) is 0 Å². The van der Waals surface area contributed by atoms with Crippen molar-refractivity contribution in [1.29, 1.82) is 0 Å². The molecule has 1 nitrogen and oxygen atoms in total. The van der Waals surface area contributed by atoms with E-state index in [-0.39, 0.29) is 0 Å². The Kier molecular flexibility index (Phi) is 9.02. The van der Waals surface area contributed by atoms with Gasteiger partial charge in [0.15, 0.2) is 0 Å². The molecule has 0 aliphatic carbocycles. The summed E-state index contributed by atoms with van der Waals surface area (Å²) in [5.74, 6) is 0.576. The van der Waals surface area contributed by atoms with Gasteiger partial charge in [-0.25, -0.2) is 0 Å². The van der Waals surface area contributed by atoms with E-state index in [1.54, 1.807) is 0 Å². The van der Waals surface area contributed by atoms with Crippen molar-refractivity contribution in [3.05, 3.63) is 0 Å². The molecule has 0 bridgehead atoms. The van der Waals surface area contributed by atoms with E-state index < -0.39 is 0 Å². The van der Waals surface area contributed by atoms with Crippen molar-refractivity contribution in [2.45, 2.75) is 58.8 Å². The normalized spacial score (nSPS) is 13.2. The first-order valence-electron chi connectivity index (χ1n) is 5.46. The van der Waals surface area contributed by atoms with Crippen LogP contribution in [-0.4, -0.2) is 11.7 Å². The lowest BCUT2D eigenvalue weighted by molar-refractivity contribution is 0.206. The summed E-state index contributed by atoms with van der Waals surface area (Å²) in [5, 5.41) is 9.01. The van der Waals surface area contributed by atoms with Gasteiger partial charge in [-0.3, -0.25) is 0 Å². The lowest BCUT2D eigenvalue weighted by atomic mass is 9.97. The molecule has 0 unspecified atom stereocenters. The monoisotopic (exact) mass is 172 g/mol. The number of aliphatic hydroxyl groups is 1. The molecule has 0 aromatic rings. The maximum absolute atomic E-state index is 9.01. The summed E-state index contributed by atoms with van der Waals surface area (Å²) in [6, 6.07) is 0. The zero-order valence-electron chi connectivity index (χ0n) is 8.68. The van der Waals surface area contributed by atoms with E-state index in [1.807, 2.05) is 0 Å². The van der Waals surface area contributed by atoms with Gasteiger partial charge < -0.3 is 5.11 Å². The third kappa shape index (κ3) is 6.66. The highest BCUT2D eigenvalue weighted by Gasteiger charge is 2.04. The minimum atomic E-state index is 0.389. The van der Waals surface area contributed by atoms with Gasteiger partial charge in [0.05, 0.1) is 0 Å². The number of aliphatic hydroxyl groups excluding tert-OH is 1. The van der Waals surface area contributed by atoms with Crippen molar-refractivity contribution < 1.29 is 5.11 Å². The smallest absolute Gasteiger partial charge is 0.0459 e. The summed E-state index contributed by atoms with van der Waals surface area (Å²) in [6.07, 6.45) is 8.93. The molecule has 0 aliphatic heterocycles. The fourth-order valence-electron chi connectivity index (χ4n) is 1.59. The van der Waals surface area contributed by atoms with Crippen molar-refractivity contribution in [2.24, 2.45) is 5.92 Å². The van der Waals surface area contributed by atoms with E-state index >= 15 is 0 Å². The number of rotatable bonds is 8. The Labute approximate surface area is 77.2 Å². The third-order valence-electron chi connectivity index (χ3n) is 2.42. The van der Waals surface area contributed by atoms with Crippen molar-refractivity contribution in [3.63, 3.8) is 0 Å². The van der Waals surface area contributed by atoms with Crippen LogP contribution in [-0.2, 0) is 0 Å². The summed E-state index contributed by atoms with van der Waals surface area (Å²) in [7, 11) is 0. The summed E-state index contributed by atoms with van der Waals surface area (Å²) in [4.78, 5) is 0. The van der Waals surface area contributed by atoms with Crippen molar-refractivity contribution in [3.8, 4) is 0 Å². The maximum Gasteiger partial charge on any atom is 0.0459 e. The van der Waals surface area contributed by atoms with E-state index in [4.69, 9.17) is 5.11 Å². The van der Waals surface area contributed by atoms with Crippen LogP contribution in [0, 0.1) is 5.92 Å². The molecule has 1 N–H and O–H groups in total. The standard InChI is InChI=1S/C11H24O/c1-3-5-6-7-9-11(10-12)8-4-2/h11-12H,3-10H2,1-2H3/t11-/m0/s1. The van der Waals surface area contributed by atoms with Crippen LogP contribution in [0.2, 0.25) is 0 Å². The predicted molar refractivity (Wildman–Crippen MR) is 54.2 cm³/mol. The lowest BCUT2D eigenvalue weighted by Gasteiger charge is -2.11. The molecular weight excluding hydrogens is 148 g/mol. The van der Waals surface area contributed by atoms with Crippen molar-refractivity contribution in [2.75, 3.05) is 6.61 Å². The molecule has 0 amide bonds. The van der Waals surface area contributed by atoms with Crippen LogP contribution in [0.15, 0.2) is 0 Å². The second-order valence-corrected chi connectivity index (χ2v) is 3.69. The summed E-state index contributed by atoms with van der Waals surface area (Å²) >= 11 is 0. The van der Waals surface area contributed by atoms with Gasteiger partial charge in [-0.1, -0.05) is 46.0 Å². The van der Waals surface area contributed by atoms with Crippen LogP contribution in [0.1, 0.15) is 58.8 Å². The van der Waals surface area contributed by atoms with Crippen LogP contribution in [0.5, 0.6) is 0 Å². The van der Waals surface area contributed by atoms with E-state index in [9.17, 15) is 0 Å². The van der Waals surface area contributed by atoms with E-state index in [0.29, 0.717) is 12.5 Å². The average Bonchev–Trinajstić information content (AvgIpc) is 2.10. The quantitative estimate of drug-likeness (QED) is 0.557. The average molecular weight is 172 g/mol. The summed E-state index contributed by atoms with van der Waals surface area (Å²) in [6.45, 7) is 4.81. The minimum absolute atomic E-state index is 0.389. The SMILES string of the molecule is CCCCCC[C@@H](CO)CCC. The molecule has 0 heterocycles. The number of hydrogen-bond donors (Lipinski definition) is 1. The highest BCUT2D eigenvalue weighted by molar-refractivity contribution is 4.57. The Morgan fingerprint density at radius 3 is 2.17 bits per heavy atom. The summed E-state index contributed by atoms with van der Waals surface area (Å²) in [5.41, 5.74) is 0. The Morgan fingerprint density at radius 2 is 1.67 bits per heavy atom. The molecule has 0 aromatic carbocycles. The molecule has 0 saturated heterocycles. The molecule has 0 aliphatic rings. The minimum Gasteiger partial charge on any atom is -0.396 e. The predicted octanol–water partition coefficient (Wildman–Crippen LogP) is 3.37. The number of unbranched alkanes of at least 4 members (excludes halogenated alkanes) is 3. The van der Waals surface area contributed by atoms with Gasteiger partial charge >= 0.3 is 0 Å². The third-order valence-corrected chi connectivity index (χ3v) is 2.42. The Bertz CT molecular complexity index is 81.1. The highest BCUT2D eigenvalue weighted by Crippen LogP contribution is 2.15. The Morgan fingerprint density at radius 1 is 0.917 bits per heavy atom. The molecule has 0 radical (unpaired) electrons. The molecule has 0 saturated carbocycles. The van der Waals surface area contributed by atoms with E-state index in [1.165, 1.54) is 44.9 Å². The highest BCUT2D eigenvalue weighted by atomic mass is 16.3. The molecular formula is C11H24O. The molecule has 12 heavy (non-hydrogen) atoms. The van der Waals surface area contributed by atoms with Gasteiger partial charge in [0.1, 0.15) is 0 Å². The van der Waals surface area contributed by atoms with Gasteiger partial charge in [-0.2, -0.15) is 0 Å². The van der Waals surface area contributed by atoms with Crippen LogP contribution in [0.4, 0.5) is 0 Å². The van der Waals surface area contributed by atoms with E-state index in [0.717, 1.165) is 0 Å². The molecule has 0 aromatic heterocycles. The van der Waals surface area contributed by atoms with Crippen LogP contribution >= 0.6 is 0 Å². The Balaban J connectivity index is 3.19. The number of hydrogen-bond acceptors (Lipinski definition) is 1. The van der Waals surface area contributed by atoms with Gasteiger partial charge in [-0.05, 0) is 18.8 Å². The van der Waals surface area contributed by atoms with Crippen molar-refractivity contribution >= 4 is 0 Å². The molecule has 0 spiro atoms. The topological polar surface area (TPSA) is 20.2 Å². The first-order valence-corrected chi connectivity index (χ1v) is 5.46. The second kappa shape index (κ2) is 9.05. The van der Waals surface area contributed by atoms with Crippen LogP contribution < -0.4 is 0 Å². The van der Waals surface area contributed by atoms with Gasteiger partial charge in [-0.15, -0.1) is 0 Å². The molecule has 1 atom stereocenters. The van der Waals surface area contributed by atoms with E-state index in [2.05, 4.69) is 13.8 Å². The summed E-state index contributed by atoms with van der Waals surface area (Å²) < 4.78 is 0. The second-order valence-electron chi connectivity index (χ2n) is 3.69. The first-order chi connectivity index (χ1) is 5.85. The molecule has 1 heteroatoms. The maximum atomic E-state index is 9.01. The van der Waals surface area contributed by atoms with Crippen LogP contribution in [0.3, 0.4) is 0 Å². The zero-order valence-corrected chi connectivity index (χ0v) is 8.68. The first kappa shape index (κ1) is 12.0. The van der Waals surface area contributed by atoms with Gasteiger partial charge in [0.2, 0.25) is 0 Å². The molecule has 0 fully saturated rings. The molecule has 74 valence electrons. The fourth-order valence-corrected chi connectivity index (χ4v) is 1.59. The lowest BCUT2D eigenvalue weighted by Crippen LogP contribution is -2.05. The van der Waals surface area contributed by atoms with Gasteiger partial charge in [0, 0.05) is 6.61 Å². The fraction of sp³-hybridized carbons (Fsp3) is 1.00. The molecule has 0 rings (SSSR count). The largest absolute Gasteiger partial charge is 0.396 e. The Hall–Kier alpha value is -0.0400. The zero-order chi connectivity index (χ0) is 9.23. The van der Waals surface area contributed by atoms with Crippen molar-refractivity contribution in [1.82, 2.24) is 0 Å².